The van der Waals surface area contributed by atoms with Crippen LogP contribution in [0.2, 0.25) is 0 Å². The summed E-state index contributed by atoms with van der Waals surface area (Å²) in [7, 11) is 0. The van der Waals surface area contributed by atoms with E-state index in [1.54, 1.807) is 24.3 Å². The highest BCUT2D eigenvalue weighted by atomic mass is 16.2. The second kappa shape index (κ2) is 7.95. The van der Waals surface area contributed by atoms with Crippen molar-refractivity contribution in [2.24, 2.45) is 0 Å². The van der Waals surface area contributed by atoms with Crippen LogP contribution in [0.15, 0.2) is 72.8 Å². The van der Waals surface area contributed by atoms with Crippen molar-refractivity contribution in [3.8, 4) is 0 Å². The molecule has 0 saturated carbocycles. The summed E-state index contributed by atoms with van der Waals surface area (Å²) in [4.78, 5) is 41.7. The smallest absolute Gasteiger partial charge is 0.263 e. The maximum Gasteiger partial charge on any atom is 0.263 e. The Balaban J connectivity index is 1.68. The van der Waals surface area contributed by atoms with Gasteiger partial charge in [0.25, 0.3) is 11.8 Å². The van der Waals surface area contributed by atoms with Crippen molar-refractivity contribution < 1.29 is 14.4 Å². The topological polar surface area (TPSA) is 57.7 Å². The lowest BCUT2D eigenvalue weighted by Gasteiger charge is -2.28. The van der Waals surface area contributed by atoms with E-state index in [1.807, 2.05) is 62.4 Å². The van der Waals surface area contributed by atoms with Gasteiger partial charge in [0.05, 0.1) is 17.5 Å². The van der Waals surface area contributed by atoms with Crippen LogP contribution in [0.3, 0.4) is 0 Å². The van der Waals surface area contributed by atoms with Gasteiger partial charge in [0.15, 0.2) is 0 Å². The molecule has 0 radical (unpaired) electrons. The van der Waals surface area contributed by atoms with Crippen molar-refractivity contribution >= 4 is 23.4 Å². The third-order valence-electron chi connectivity index (χ3n) is 5.30. The molecule has 3 amide bonds. The molecule has 0 unspecified atom stereocenters. The molecule has 0 atom stereocenters. The predicted octanol–water partition coefficient (Wildman–Crippen LogP) is 4.13. The molecule has 0 aliphatic carbocycles. The Labute approximate surface area is 175 Å². The monoisotopic (exact) mass is 398 g/mol. The van der Waals surface area contributed by atoms with Crippen molar-refractivity contribution in [1.82, 2.24) is 4.90 Å². The average molecular weight is 398 g/mol. The molecule has 30 heavy (non-hydrogen) atoms. The molecule has 3 aromatic carbocycles. The Bertz CT molecular complexity index is 1100. The Kier molecular flexibility index (Phi) is 5.19. The van der Waals surface area contributed by atoms with E-state index in [0.29, 0.717) is 16.8 Å². The molecular formula is C25H22N2O3. The van der Waals surface area contributed by atoms with E-state index in [-0.39, 0.29) is 30.8 Å². The number of aryl methyl sites for hydroxylation is 2. The largest absolute Gasteiger partial charge is 0.293 e. The standard InChI is InChI=1S/C25H22N2O3/c1-17-12-13-22(18(2)14-17)26(23(28)15-19-8-4-3-5-9-19)16-27-24(29)20-10-6-7-11-21(20)25(27)30/h3-14H,15-16H2,1-2H3. The third-order valence-corrected chi connectivity index (χ3v) is 5.30. The van der Waals surface area contributed by atoms with Gasteiger partial charge in [-0.05, 0) is 43.2 Å². The Morgan fingerprint density at radius 2 is 1.43 bits per heavy atom. The Hall–Kier alpha value is -3.73. The van der Waals surface area contributed by atoms with Crippen LogP contribution in [0.4, 0.5) is 5.69 Å². The summed E-state index contributed by atoms with van der Waals surface area (Å²) >= 11 is 0. The van der Waals surface area contributed by atoms with Crippen LogP contribution in [0.1, 0.15) is 37.4 Å². The molecule has 1 heterocycles. The zero-order chi connectivity index (χ0) is 21.3. The lowest BCUT2D eigenvalue weighted by molar-refractivity contribution is -0.118. The molecule has 150 valence electrons. The van der Waals surface area contributed by atoms with Crippen LogP contribution in [-0.4, -0.2) is 29.3 Å². The van der Waals surface area contributed by atoms with Gasteiger partial charge >= 0.3 is 0 Å². The van der Waals surface area contributed by atoms with Gasteiger partial charge in [-0.2, -0.15) is 0 Å². The number of carbonyl (C=O) groups is 3. The molecular weight excluding hydrogens is 376 g/mol. The number of benzene rings is 3. The average Bonchev–Trinajstić information content (AvgIpc) is 2.98. The first-order valence-corrected chi connectivity index (χ1v) is 9.82. The number of hydrogen-bond acceptors (Lipinski definition) is 3. The maximum atomic E-state index is 13.3. The highest BCUT2D eigenvalue weighted by Gasteiger charge is 2.37. The van der Waals surface area contributed by atoms with Gasteiger partial charge in [-0.15, -0.1) is 0 Å². The fraction of sp³-hybridized carbons (Fsp3) is 0.160. The molecule has 0 aromatic heterocycles. The summed E-state index contributed by atoms with van der Waals surface area (Å²) in [5, 5.41) is 0. The molecule has 0 bridgehead atoms. The van der Waals surface area contributed by atoms with Crippen LogP contribution < -0.4 is 4.90 Å². The number of imide groups is 1. The van der Waals surface area contributed by atoms with Crippen molar-refractivity contribution in [1.29, 1.82) is 0 Å². The molecule has 5 heteroatoms. The molecule has 3 aromatic rings. The summed E-state index contributed by atoms with van der Waals surface area (Å²) in [5.74, 6) is -0.930. The van der Waals surface area contributed by atoms with E-state index in [4.69, 9.17) is 0 Å². The van der Waals surface area contributed by atoms with Gasteiger partial charge in [0, 0.05) is 5.69 Å². The summed E-state index contributed by atoms with van der Waals surface area (Å²) in [6, 6.07) is 22.0. The SMILES string of the molecule is Cc1ccc(N(CN2C(=O)c3ccccc3C2=O)C(=O)Cc2ccccc2)c(C)c1. The molecule has 1 aliphatic rings. The molecule has 0 saturated heterocycles. The minimum absolute atomic E-state index is 0.123. The predicted molar refractivity (Wildman–Crippen MR) is 115 cm³/mol. The van der Waals surface area contributed by atoms with E-state index in [9.17, 15) is 14.4 Å². The van der Waals surface area contributed by atoms with Gasteiger partial charge < -0.3 is 0 Å². The number of fused-ring (bicyclic) bond motifs is 1. The molecule has 5 nitrogen and oxygen atoms in total. The first-order valence-electron chi connectivity index (χ1n) is 9.82. The lowest BCUT2D eigenvalue weighted by Crippen LogP contribution is -2.45. The number of amides is 3. The zero-order valence-electron chi connectivity index (χ0n) is 17.0. The quantitative estimate of drug-likeness (QED) is 0.607. The van der Waals surface area contributed by atoms with E-state index in [0.717, 1.165) is 21.6 Å². The Morgan fingerprint density at radius 1 is 0.833 bits per heavy atom. The first-order chi connectivity index (χ1) is 14.5. The highest BCUT2D eigenvalue weighted by Crippen LogP contribution is 2.27. The van der Waals surface area contributed by atoms with Crippen LogP contribution in [0, 0.1) is 13.8 Å². The molecule has 0 fully saturated rings. The number of hydrogen-bond donors (Lipinski definition) is 0. The molecule has 0 spiro atoms. The number of nitrogens with zero attached hydrogens (tertiary/aromatic N) is 2. The summed E-state index contributed by atoms with van der Waals surface area (Å²) in [5.41, 5.74) is 4.30. The minimum Gasteiger partial charge on any atom is -0.293 e. The summed E-state index contributed by atoms with van der Waals surface area (Å²) < 4.78 is 0. The third kappa shape index (κ3) is 3.62. The van der Waals surface area contributed by atoms with Crippen LogP contribution in [-0.2, 0) is 11.2 Å². The van der Waals surface area contributed by atoms with Gasteiger partial charge in [-0.25, -0.2) is 0 Å². The van der Waals surface area contributed by atoms with Gasteiger partial charge in [-0.1, -0.05) is 60.2 Å². The van der Waals surface area contributed by atoms with Crippen molar-refractivity contribution in [3.05, 3.63) is 101 Å². The molecule has 4 rings (SSSR count). The second-order valence-electron chi connectivity index (χ2n) is 7.50. The van der Waals surface area contributed by atoms with Crippen LogP contribution >= 0.6 is 0 Å². The molecule has 1 aliphatic heterocycles. The van der Waals surface area contributed by atoms with Gasteiger partial charge in [-0.3, -0.25) is 24.2 Å². The maximum absolute atomic E-state index is 13.3. The van der Waals surface area contributed by atoms with E-state index in [1.165, 1.54) is 4.90 Å². The number of rotatable bonds is 5. The second-order valence-corrected chi connectivity index (χ2v) is 7.50. The summed E-state index contributed by atoms with van der Waals surface area (Å²) in [6.45, 7) is 3.78. The fourth-order valence-electron chi connectivity index (χ4n) is 3.77. The van der Waals surface area contributed by atoms with Crippen LogP contribution in [0.25, 0.3) is 0 Å². The number of carbonyl (C=O) groups excluding carboxylic acids is 3. The normalized spacial score (nSPS) is 12.8. The first kappa shape index (κ1) is 19.6. The van der Waals surface area contributed by atoms with Gasteiger partial charge in [0.2, 0.25) is 5.91 Å². The zero-order valence-corrected chi connectivity index (χ0v) is 17.0. The highest BCUT2D eigenvalue weighted by molar-refractivity contribution is 6.21. The van der Waals surface area contributed by atoms with Crippen molar-refractivity contribution in [3.63, 3.8) is 0 Å². The van der Waals surface area contributed by atoms with Crippen molar-refractivity contribution in [2.45, 2.75) is 20.3 Å². The van der Waals surface area contributed by atoms with E-state index in [2.05, 4.69) is 0 Å². The van der Waals surface area contributed by atoms with Crippen molar-refractivity contribution in [2.75, 3.05) is 11.6 Å². The molecule has 0 N–H and O–H groups in total. The Morgan fingerprint density at radius 3 is 2.03 bits per heavy atom. The van der Waals surface area contributed by atoms with Gasteiger partial charge in [0.1, 0.15) is 6.67 Å². The van der Waals surface area contributed by atoms with Crippen LogP contribution in [0.5, 0.6) is 0 Å². The lowest BCUT2D eigenvalue weighted by atomic mass is 10.1. The minimum atomic E-state index is -0.377. The van der Waals surface area contributed by atoms with E-state index < -0.39 is 0 Å². The number of anilines is 1. The van der Waals surface area contributed by atoms with E-state index >= 15 is 0 Å². The summed E-state index contributed by atoms with van der Waals surface area (Å²) in [6.07, 6.45) is 0.178. The fourth-order valence-corrected chi connectivity index (χ4v) is 3.77.